The molecule has 0 aliphatic heterocycles. The average Bonchev–Trinajstić information content (AvgIpc) is 2.28. The molecule has 0 aliphatic rings. The highest BCUT2D eigenvalue weighted by Crippen LogP contribution is 2.25. The van der Waals surface area contributed by atoms with Crippen LogP contribution in [0, 0.1) is 22.7 Å². The summed E-state index contributed by atoms with van der Waals surface area (Å²) in [6.45, 7) is -0.178. The van der Waals surface area contributed by atoms with E-state index in [2.05, 4.69) is 4.98 Å². The Balaban J connectivity index is 3.40. The molecule has 2 N–H and O–H groups in total. The number of nitriles is 2. The lowest BCUT2D eigenvalue weighted by molar-refractivity contribution is 0.150. The summed E-state index contributed by atoms with van der Waals surface area (Å²) in [4.78, 5) is 3.80. The Labute approximate surface area is 90.9 Å². The van der Waals surface area contributed by atoms with Gasteiger partial charge in [0, 0.05) is 17.7 Å². The first kappa shape index (κ1) is 12.0. The van der Waals surface area contributed by atoms with Crippen LogP contribution in [0.4, 0.5) is 8.78 Å². The number of hydrogen-bond donors (Lipinski definition) is 1. The first-order valence-electron chi connectivity index (χ1n) is 4.42. The van der Waals surface area contributed by atoms with Gasteiger partial charge in [0.25, 0.3) is 6.43 Å². The quantitative estimate of drug-likeness (QED) is 0.837. The van der Waals surface area contributed by atoms with Crippen LogP contribution in [0.2, 0.25) is 0 Å². The highest BCUT2D eigenvalue weighted by atomic mass is 19.3. The van der Waals surface area contributed by atoms with Crippen LogP contribution in [0.15, 0.2) is 6.07 Å². The zero-order valence-corrected chi connectivity index (χ0v) is 8.24. The topological polar surface area (TPSA) is 86.5 Å². The Bertz CT molecular complexity index is 471. The molecule has 0 saturated heterocycles. The summed E-state index contributed by atoms with van der Waals surface area (Å²) in [6.07, 6.45) is -2.84. The third kappa shape index (κ3) is 2.30. The van der Waals surface area contributed by atoms with Crippen molar-refractivity contribution in [2.45, 2.75) is 19.4 Å². The van der Waals surface area contributed by atoms with Gasteiger partial charge in [-0.3, -0.25) is 0 Å². The summed E-state index contributed by atoms with van der Waals surface area (Å²) >= 11 is 0. The second kappa shape index (κ2) is 5.15. The highest BCUT2D eigenvalue weighted by molar-refractivity contribution is 5.40. The van der Waals surface area contributed by atoms with Crippen molar-refractivity contribution in [3.05, 3.63) is 28.6 Å². The van der Waals surface area contributed by atoms with Gasteiger partial charge in [0.05, 0.1) is 18.2 Å². The lowest BCUT2D eigenvalue weighted by Gasteiger charge is -2.09. The summed E-state index contributed by atoms with van der Waals surface area (Å²) < 4.78 is 25.4. The van der Waals surface area contributed by atoms with E-state index in [1.807, 2.05) is 0 Å². The summed E-state index contributed by atoms with van der Waals surface area (Å²) in [7, 11) is 0. The van der Waals surface area contributed by atoms with E-state index in [1.165, 1.54) is 0 Å². The summed E-state index contributed by atoms with van der Waals surface area (Å²) in [5.41, 5.74) is 5.05. The predicted molar refractivity (Wildman–Crippen MR) is 51.1 cm³/mol. The zero-order chi connectivity index (χ0) is 12.1. The highest BCUT2D eigenvalue weighted by Gasteiger charge is 2.18. The van der Waals surface area contributed by atoms with E-state index in [9.17, 15) is 8.78 Å². The van der Waals surface area contributed by atoms with Gasteiger partial charge in [-0.1, -0.05) is 0 Å². The van der Waals surface area contributed by atoms with Crippen LogP contribution in [0.5, 0.6) is 0 Å². The SMILES string of the molecule is N#CCc1cc(C(F)F)c(CN)c(C#N)n1. The van der Waals surface area contributed by atoms with Gasteiger partial charge in [-0.25, -0.2) is 13.8 Å². The van der Waals surface area contributed by atoms with Crippen molar-refractivity contribution < 1.29 is 8.78 Å². The average molecular weight is 222 g/mol. The Morgan fingerprint density at radius 1 is 1.44 bits per heavy atom. The smallest absolute Gasteiger partial charge is 0.264 e. The molecule has 0 bridgehead atoms. The van der Waals surface area contributed by atoms with Crippen LogP contribution in [-0.2, 0) is 13.0 Å². The van der Waals surface area contributed by atoms with Gasteiger partial charge >= 0.3 is 0 Å². The minimum atomic E-state index is -2.73. The predicted octanol–water partition coefficient (Wildman–Crippen LogP) is 1.42. The standard InChI is InChI=1S/C10H8F2N4/c11-10(12)7-3-6(1-2-13)16-9(5-15)8(7)4-14/h3,10H,1,4,14H2. The van der Waals surface area contributed by atoms with Gasteiger partial charge in [0.15, 0.2) is 0 Å². The minimum Gasteiger partial charge on any atom is -0.326 e. The maximum absolute atomic E-state index is 12.7. The molecule has 0 saturated carbocycles. The number of rotatable bonds is 3. The molecular formula is C10H8F2N4. The van der Waals surface area contributed by atoms with E-state index in [-0.39, 0.29) is 35.5 Å². The van der Waals surface area contributed by atoms with Crippen molar-refractivity contribution in [3.8, 4) is 12.1 Å². The molecule has 1 aromatic heterocycles. The molecule has 0 radical (unpaired) electrons. The number of aromatic nitrogens is 1. The number of pyridine rings is 1. The number of nitrogens with zero attached hydrogens (tertiary/aromatic N) is 3. The Morgan fingerprint density at radius 2 is 2.12 bits per heavy atom. The van der Waals surface area contributed by atoms with Crippen molar-refractivity contribution in [2.24, 2.45) is 5.73 Å². The second-order valence-electron chi connectivity index (χ2n) is 2.98. The van der Waals surface area contributed by atoms with E-state index in [0.29, 0.717) is 0 Å². The lowest BCUT2D eigenvalue weighted by Crippen LogP contribution is -2.09. The first-order valence-corrected chi connectivity index (χ1v) is 4.42. The van der Waals surface area contributed by atoms with E-state index in [1.54, 1.807) is 12.1 Å². The van der Waals surface area contributed by atoms with Crippen LogP contribution in [0.25, 0.3) is 0 Å². The lowest BCUT2D eigenvalue weighted by atomic mass is 10.0. The van der Waals surface area contributed by atoms with Crippen molar-refractivity contribution in [2.75, 3.05) is 0 Å². The number of nitrogens with two attached hydrogens (primary N) is 1. The Morgan fingerprint density at radius 3 is 2.56 bits per heavy atom. The molecule has 1 aromatic rings. The molecule has 6 heteroatoms. The van der Waals surface area contributed by atoms with Gasteiger partial charge in [-0.2, -0.15) is 10.5 Å². The molecule has 1 rings (SSSR count). The summed E-state index contributed by atoms with van der Waals surface area (Å²) in [5.74, 6) is 0. The van der Waals surface area contributed by atoms with E-state index < -0.39 is 6.43 Å². The van der Waals surface area contributed by atoms with E-state index in [0.717, 1.165) is 6.07 Å². The van der Waals surface area contributed by atoms with Crippen LogP contribution < -0.4 is 5.73 Å². The van der Waals surface area contributed by atoms with Crippen molar-refractivity contribution in [3.63, 3.8) is 0 Å². The monoisotopic (exact) mass is 222 g/mol. The molecule has 0 aromatic carbocycles. The van der Waals surface area contributed by atoms with E-state index in [4.69, 9.17) is 16.3 Å². The van der Waals surface area contributed by atoms with Crippen LogP contribution >= 0.6 is 0 Å². The third-order valence-electron chi connectivity index (χ3n) is 2.02. The largest absolute Gasteiger partial charge is 0.326 e. The first-order chi connectivity index (χ1) is 7.63. The normalized spacial score (nSPS) is 9.88. The number of halogens is 2. The molecule has 4 nitrogen and oxygen atoms in total. The summed E-state index contributed by atoms with van der Waals surface area (Å²) in [6, 6.07) is 4.62. The molecule has 82 valence electrons. The van der Waals surface area contributed by atoms with Gasteiger partial charge in [-0.05, 0) is 6.07 Å². The molecule has 0 aliphatic carbocycles. The van der Waals surface area contributed by atoms with E-state index >= 15 is 0 Å². The molecular weight excluding hydrogens is 214 g/mol. The maximum Gasteiger partial charge on any atom is 0.264 e. The summed E-state index contributed by atoms with van der Waals surface area (Å²) in [5, 5.41) is 17.2. The fourth-order valence-electron chi connectivity index (χ4n) is 1.32. The van der Waals surface area contributed by atoms with Crippen LogP contribution in [-0.4, -0.2) is 4.98 Å². The van der Waals surface area contributed by atoms with Crippen LogP contribution in [0.3, 0.4) is 0 Å². The van der Waals surface area contributed by atoms with Crippen LogP contribution in [0.1, 0.15) is 28.9 Å². The molecule has 16 heavy (non-hydrogen) atoms. The van der Waals surface area contributed by atoms with Crippen molar-refractivity contribution in [1.29, 1.82) is 10.5 Å². The van der Waals surface area contributed by atoms with Gasteiger partial charge < -0.3 is 5.73 Å². The third-order valence-corrected chi connectivity index (χ3v) is 2.02. The molecule has 1 heterocycles. The molecule has 0 unspecified atom stereocenters. The fraction of sp³-hybridized carbons (Fsp3) is 0.300. The van der Waals surface area contributed by atoms with Crippen molar-refractivity contribution in [1.82, 2.24) is 4.98 Å². The molecule has 0 amide bonds. The fourth-order valence-corrected chi connectivity index (χ4v) is 1.32. The molecule has 0 atom stereocenters. The van der Waals surface area contributed by atoms with Gasteiger partial charge in [-0.15, -0.1) is 0 Å². The molecule has 0 fully saturated rings. The second-order valence-corrected chi connectivity index (χ2v) is 2.98. The van der Waals surface area contributed by atoms with Gasteiger partial charge in [0.2, 0.25) is 0 Å². The Hall–Kier alpha value is -2.05. The minimum absolute atomic E-state index is 0.0409. The van der Waals surface area contributed by atoms with Gasteiger partial charge in [0.1, 0.15) is 11.8 Å². The maximum atomic E-state index is 12.7. The molecule has 0 spiro atoms. The number of hydrogen-bond acceptors (Lipinski definition) is 4. The Kier molecular flexibility index (Phi) is 3.87. The number of alkyl halides is 2. The van der Waals surface area contributed by atoms with Crippen molar-refractivity contribution >= 4 is 0 Å². The zero-order valence-electron chi connectivity index (χ0n) is 8.24.